The molecule has 9 nitrogen and oxygen atoms in total. The average Bonchev–Trinajstić information content (AvgIpc) is 2.82. The van der Waals surface area contributed by atoms with Gasteiger partial charge in [0, 0.05) is 37.8 Å². The highest BCUT2D eigenvalue weighted by Crippen LogP contribution is 2.39. The molecule has 9 heteroatoms. The summed E-state index contributed by atoms with van der Waals surface area (Å²) in [6.45, 7) is 12.1. The fraction of sp³-hybridized carbons (Fsp3) is 0.522. The van der Waals surface area contributed by atoms with Crippen LogP contribution in [0.15, 0.2) is 24.3 Å². The molecule has 174 valence electrons. The Hall–Kier alpha value is -3.23. The first-order chi connectivity index (χ1) is 15.6. The predicted molar refractivity (Wildman–Crippen MR) is 121 cm³/mol. The third kappa shape index (κ3) is 5.52. The van der Waals surface area contributed by atoms with E-state index >= 15 is 0 Å². The maximum Gasteiger partial charge on any atom is 0.254 e. The Morgan fingerprint density at radius 3 is 1.91 bits per heavy atom. The van der Waals surface area contributed by atoms with Crippen molar-refractivity contribution in [3.8, 4) is 23.1 Å². The second-order valence-corrected chi connectivity index (χ2v) is 7.04. The van der Waals surface area contributed by atoms with Gasteiger partial charge in [0.2, 0.25) is 11.6 Å². The highest BCUT2D eigenvalue weighted by molar-refractivity contribution is 5.95. The summed E-state index contributed by atoms with van der Waals surface area (Å²) in [6, 6.07) is 7.19. The lowest BCUT2D eigenvalue weighted by Gasteiger charge is -2.35. The fourth-order valence-electron chi connectivity index (χ4n) is 3.54. The summed E-state index contributed by atoms with van der Waals surface area (Å²) in [6.07, 6.45) is 0. The van der Waals surface area contributed by atoms with Crippen LogP contribution in [-0.2, 0) is 0 Å². The summed E-state index contributed by atoms with van der Waals surface area (Å²) in [5.41, 5.74) is 0.523. The number of aromatic nitrogens is 2. The van der Waals surface area contributed by atoms with E-state index in [9.17, 15) is 4.79 Å². The number of carbonyl (C=O) groups excluding carboxylic acids is 1. The summed E-state index contributed by atoms with van der Waals surface area (Å²) in [4.78, 5) is 17.2. The fourth-order valence-corrected chi connectivity index (χ4v) is 3.54. The lowest BCUT2D eigenvalue weighted by molar-refractivity contribution is 0.0745. The predicted octanol–water partition coefficient (Wildman–Crippen LogP) is 3.03. The standard InChI is InChI=1S/C23H32N4O5/c1-5-29-18-15-17(16-19(30-6-2)22(18)32-8-4)23(28)27-13-11-26(12-14-27)20-9-10-21(25-24-20)31-7-3/h9-10,15-16H,5-8,11-14H2,1-4H3. The number of nitrogens with zero attached hydrogens (tertiary/aromatic N) is 4. The summed E-state index contributed by atoms with van der Waals surface area (Å²) in [5.74, 6) is 2.80. The average molecular weight is 445 g/mol. The highest BCUT2D eigenvalue weighted by atomic mass is 16.5. The second kappa shape index (κ2) is 11.4. The van der Waals surface area contributed by atoms with E-state index in [0.717, 1.165) is 5.82 Å². The summed E-state index contributed by atoms with van der Waals surface area (Å²) in [5, 5.41) is 8.33. The number of ether oxygens (including phenoxy) is 4. The Labute approximate surface area is 189 Å². The van der Waals surface area contributed by atoms with Crippen LogP contribution in [0.2, 0.25) is 0 Å². The van der Waals surface area contributed by atoms with Crippen LogP contribution in [0, 0.1) is 0 Å². The molecule has 0 radical (unpaired) electrons. The Kier molecular flexibility index (Phi) is 8.35. The number of piperazine rings is 1. The molecule has 1 fully saturated rings. The number of carbonyl (C=O) groups is 1. The van der Waals surface area contributed by atoms with Gasteiger partial charge in [0.15, 0.2) is 17.3 Å². The number of anilines is 1. The van der Waals surface area contributed by atoms with E-state index in [1.807, 2.05) is 44.7 Å². The molecule has 0 unspecified atom stereocenters. The minimum absolute atomic E-state index is 0.0626. The molecule has 1 saturated heterocycles. The third-order valence-electron chi connectivity index (χ3n) is 4.97. The Morgan fingerprint density at radius 2 is 1.41 bits per heavy atom. The Bertz CT molecular complexity index is 855. The molecule has 1 aromatic carbocycles. The minimum atomic E-state index is -0.0626. The molecule has 0 N–H and O–H groups in total. The van der Waals surface area contributed by atoms with Crippen LogP contribution >= 0.6 is 0 Å². The van der Waals surface area contributed by atoms with E-state index < -0.39 is 0 Å². The van der Waals surface area contributed by atoms with Crippen molar-refractivity contribution >= 4 is 11.7 Å². The number of hydrogen-bond acceptors (Lipinski definition) is 8. The van der Waals surface area contributed by atoms with Crippen LogP contribution in [0.5, 0.6) is 23.1 Å². The molecule has 0 aliphatic carbocycles. The topological polar surface area (TPSA) is 86.3 Å². The van der Waals surface area contributed by atoms with E-state index in [0.29, 0.717) is 81.3 Å². The monoisotopic (exact) mass is 444 g/mol. The van der Waals surface area contributed by atoms with Gasteiger partial charge in [-0.1, -0.05) is 0 Å². The van der Waals surface area contributed by atoms with Gasteiger partial charge in [-0.2, -0.15) is 0 Å². The number of rotatable bonds is 10. The van der Waals surface area contributed by atoms with Gasteiger partial charge in [0.1, 0.15) is 0 Å². The molecule has 0 bridgehead atoms. The summed E-state index contributed by atoms with van der Waals surface area (Å²) < 4.78 is 22.6. The summed E-state index contributed by atoms with van der Waals surface area (Å²) >= 11 is 0. The maximum atomic E-state index is 13.3. The van der Waals surface area contributed by atoms with Crippen LogP contribution in [0.25, 0.3) is 0 Å². The molecule has 32 heavy (non-hydrogen) atoms. The molecule has 1 amide bonds. The van der Waals surface area contributed by atoms with Crippen molar-refractivity contribution in [3.05, 3.63) is 29.8 Å². The van der Waals surface area contributed by atoms with Gasteiger partial charge in [-0.25, -0.2) is 0 Å². The molecular weight excluding hydrogens is 412 g/mol. The van der Waals surface area contributed by atoms with Crippen LogP contribution in [0.4, 0.5) is 5.82 Å². The van der Waals surface area contributed by atoms with E-state index in [4.69, 9.17) is 18.9 Å². The van der Waals surface area contributed by atoms with Gasteiger partial charge in [-0.3, -0.25) is 4.79 Å². The number of hydrogen-bond donors (Lipinski definition) is 0. The molecule has 0 spiro atoms. The molecule has 2 aromatic rings. The Morgan fingerprint density at radius 1 is 0.812 bits per heavy atom. The zero-order valence-electron chi connectivity index (χ0n) is 19.3. The van der Waals surface area contributed by atoms with Crippen LogP contribution in [0.1, 0.15) is 38.1 Å². The SMILES string of the molecule is CCOc1ccc(N2CCN(C(=O)c3cc(OCC)c(OCC)c(OCC)c3)CC2)nn1. The highest BCUT2D eigenvalue weighted by Gasteiger charge is 2.26. The van der Waals surface area contributed by atoms with Crippen LogP contribution in [0.3, 0.4) is 0 Å². The van der Waals surface area contributed by atoms with Gasteiger partial charge >= 0.3 is 0 Å². The molecule has 3 rings (SSSR count). The van der Waals surface area contributed by atoms with Crippen molar-refractivity contribution in [1.29, 1.82) is 0 Å². The number of benzene rings is 1. The molecule has 1 aliphatic heterocycles. The van der Waals surface area contributed by atoms with Gasteiger partial charge < -0.3 is 28.7 Å². The van der Waals surface area contributed by atoms with Gasteiger partial charge in [-0.05, 0) is 45.9 Å². The Balaban J connectivity index is 1.72. The molecule has 0 atom stereocenters. The second-order valence-electron chi connectivity index (χ2n) is 7.04. The lowest BCUT2D eigenvalue weighted by atomic mass is 10.1. The van der Waals surface area contributed by atoms with Crippen molar-refractivity contribution in [2.75, 3.05) is 57.5 Å². The first kappa shape index (κ1) is 23.4. The van der Waals surface area contributed by atoms with E-state index in [1.165, 1.54) is 0 Å². The lowest BCUT2D eigenvalue weighted by Crippen LogP contribution is -2.49. The van der Waals surface area contributed by atoms with Crippen molar-refractivity contribution in [1.82, 2.24) is 15.1 Å². The normalized spacial score (nSPS) is 13.6. The molecule has 0 saturated carbocycles. The van der Waals surface area contributed by atoms with E-state index in [-0.39, 0.29) is 5.91 Å². The maximum absolute atomic E-state index is 13.3. The largest absolute Gasteiger partial charge is 0.490 e. The quantitative estimate of drug-likeness (QED) is 0.553. The molecule has 1 aromatic heterocycles. The van der Waals surface area contributed by atoms with E-state index in [2.05, 4.69) is 15.1 Å². The van der Waals surface area contributed by atoms with Crippen molar-refractivity contribution in [2.24, 2.45) is 0 Å². The van der Waals surface area contributed by atoms with Crippen molar-refractivity contribution < 1.29 is 23.7 Å². The molecule has 2 heterocycles. The van der Waals surface area contributed by atoms with E-state index in [1.54, 1.807) is 12.1 Å². The molecular formula is C23H32N4O5. The minimum Gasteiger partial charge on any atom is -0.490 e. The summed E-state index contributed by atoms with van der Waals surface area (Å²) in [7, 11) is 0. The molecule has 1 aliphatic rings. The zero-order valence-corrected chi connectivity index (χ0v) is 19.3. The van der Waals surface area contributed by atoms with Gasteiger partial charge in [0.05, 0.1) is 26.4 Å². The van der Waals surface area contributed by atoms with Crippen LogP contribution < -0.4 is 23.8 Å². The van der Waals surface area contributed by atoms with Gasteiger partial charge in [-0.15, -0.1) is 10.2 Å². The van der Waals surface area contributed by atoms with Crippen molar-refractivity contribution in [2.45, 2.75) is 27.7 Å². The van der Waals surface area contributed by atoms with Crippen LogP contribution in [-0.4, -0.2) is 73.6 Å². The van der Waals surface area contributed by atoms with Gasteiger partial charge in [0.25, 0.3) is 5.91 Å². The first-order valence-corrected chi connectivity index (χ1v) is 11.2. The first-order valence-electron chi connectivity index (χ1n) is 11.2. The number of amides is 1. The zero-order chi connectivity index (χ0) is 22.9. The van der Waals surface area contributed by atoms with Crippen molar-refractivity contribution in [3.63, 3.8) is 0 Å². The third-order valence-corrected chi connectivity index (χ3v) is 4.97. The smallest absolute Gasteiger partial charge is 0.254 e.